The molecule has 8 heteroatoms. The van der Waals surface area contributed by atoms with E-state index in [-0.39, 0.29) is 36.5 Å². The second kappa shape index (κ2) is 13.6. The van der Waals surface area contributed by atoms with Crippen LogP contribution < -0.4 is 10.6 Å². The number of ether oxygens (including phenoxy) is 2. The smallest absolute Gasteiger partial charge is 0.315 e. The van der Waals surface area contributed by atoms with Crippen LogP contribution in [0.5, 0.6) is 0 Å². The maximum absolute atomic E-state index is 13.1. The van der Waals surface area contributed by atoms with Gasteiger partial charge in [-0.1, -0.05) is 66.7 Å². The maximum Gasteiger partial charge on any atom is 0.315 e. The molecule has 8 nitrogen and oxygen atoms in total. The van der Waals surface area contributed by atoms with E-state index in [1.807, 2.05) is 24.3 Å². The van der Waals surface area contributed by atoms with E-state index in [1.54, 1.807) is 0 Å². The van der Waals surface area contributed by atoms with Crippen LogP contribution in [0.4, 0.5) is 4.79 Å². The molecular formula is C40H49N3O5. The molecule has 0 aromatic heterocycles. The minimum absolute atomic E-state index is 0.00936. The van der Waals surface area contributed by atoms with E-state index in [2.05, 4.69) is 64.1 Å². The Labute approximate surface area is 283 Å². The van der Waals surface area contributed by atoms with Crippen molar-refractivity contribution in [1.29, 1.82) is 0 Å². The van der Waals surface area contributed by atoms with Gasteiger partial charge in [0.05, 0.1) is 24.9 Å². The first-order chi connectivity index (χ1) is 23.4. The van der Waals surface area contributed by atoms with Gasteiger partial charge in [-0.2, -0.15) is 0 Å². The zero-order valence-corrected chi connectivity index (χ0v) is 27.7. The van der Waals surface area contributed by atoms with Crippen molar-refractivity contribution in [2.45, 2.75) is 94.7 Å². The van der Waals surface area contributed by atoms with Crippen molar-refractivity contribution in [3.8, 4) is 11.1 Å². The molecule has 2 heterocycles. The first-order valence-corrected chi connectivity index (χ1v) is 18.0. The first-order valence-electron chi connectivity index (χ1n) is 18.0. The number of nitrogens with zero attached hydrogens (tertiary/aromatic N) is 1. The molecule has 6 aliphatic rings. The maximum atomic E-state index is 13.1. The largest absolute Gasteiger partial charge is 0.392 e. The summed E-state index contributed by atoms with van der Waals surface area (Å²) in [5.41, 5.74) is 6.17. The Hall–Kier alpha value is -3.27. The van der Waals surface area contributed by atoms with Crippen molar-refractivity contribution in [2.24, 2.45) is 17.8 Å². The molecule has 3 aromatic carbocycles. The fourth-order valence-electron chi connectivity index (χ4n) is 9.72. The van der Waals surface area contributed by atoms with Gasteiger partial charge >= 0.3 is 6.03 Å². The highest BCUT2D eigenvalue weighted by atomic mass is 16.7. The molecule has 9 rings (SSSR count). The SMILES string of the molecule is O=C(NCc1cccc(-c2ccc(C3OC(CN4CCC(O)C4)CC(c4ccc(CO)cc4)O3)cc2)c1)NC12CC3CC(CC(C3)C1)C2. The summed E-state index contributed by atoms with van der Waals surface area (Å²) in [6.07, 6.45) is 8.09. The number of likely N-dealkylation sites (tertiary alicyclic amines) is 1. The molecule has 254 valence electrons. The number of hydrogen-bond donors (Lipinski definition) is 4. The second-order valence-corrected chi connectivity index (χ2v) is 15.4. The Balaban J connectivity index is 0.918. The number of amides is 2. The molecule has 2 aliphatic heterocycles. The number of benzene rings is 3. The van der Waals surface area contributed by atoms with Crippen molar-refractivity contribution in [3.63, 3.8) is 0 Å². The molecule has 3 aromatic rings. The quantitative estimate of drug-likeness (QED) is 0.219. The average Bonchev–Trinajstić information content (AvgIpc) is 3.50. The van der Waals surface area contributed by atoms with Gasteiger partial charge in [-0.15, -0.1) is 0 Å². The van der Waals surface area contributed by atoms with E-state index in [4.69, 9.17) is 9.47 Å². The number of hydrogen-bond acceptors (Lipinski definition) is 6. The highest BCUT2D eigenvalue weighted by Gasteiger charge is 2.51. The number of rotatable bonds is 9. The Morgan fingerprint density at radius 1 is 0.833 bits per heavy atom. The molecule has 0 radical (unpaired) electrons. The number of carbonyl (C=O) groups is 1. The topological polar surface area (TPSA) is 103 Å². The minimum atomic E-state index is -0.518. The molecule has 4 saturated carbocycles. The molecule has 48 heavy (non-hydrogen) atoms. The van der Waals surface area contributed by atoms with Crippen LogP contribution in [0.3, 0.4) is 0 Å². The highest BCUT2D eigenvalue weighted by molar-refractivity contribution is 5.75. The summed E-state index contributed by atoms with van der Waals surface area (Å²) < 4.78 is 13.1. The van der Waals surface area contributed by atoms with Crippen molar-refractivity contribution in [1.82, 2.24) is 15.5 Å². The third-order valence-electron chi connectivity index (χ3n) is 11.6. The number of aliphatic hydroxyl groups is 2. The predicted octanol–water partition coefficient (Wildman–Crippen LogP) is 6.23. The van der Waals surface area contributed by atoms with Crippen LogP contribution in [0, 0.1) is 17.8 Å². The molecule has 4 N–H and O–H groups in total. The van der Waals surface area contributed by atoms with Crippen LogP contribution in [0.2, 0.25) is 0 Å². The zero-order chi connectivity index (χ0) is 32.7. The van der Waals surface area contributed by atoms with Crippen molar-refractivity contribution in [3.05, 3.63) is 95.1 Å². The molecule has 2 amide bonds. The Bertz CT molecular complexity index is 1540. The lowest BCUT2D eigenvalue weighted by Gasteiger charge is -2.56. The summed E-state index contributed by atoms with van der Waals surface area (Å²) in [4.78, 5) is 15.3. The van der Waals surface area contributed by atoms with Gasteiger partial charge in [0.1, 0.15) is 0 Å². The monoisotopic (exact) mass is 651 g/mol. The van der Waals surface area contributed by atoms with Gasteiger partial charge in [-0.05, 0) is 96.6 Å². The molecule has 4 aliphatic carbocycles. The molecule has 4 bridgehead atoms. The van der Waals surface area contributed by atoms with Crippen LogP contribution in [0.25, 0.3) is 11.1 Å². The summed E-state index contributed by atoms with van der Waals surface area (Å²) in [6.45, 7) is 2.81. The van der Waals surface area contributed by atoms with E-state index in [0.29, 0.717) is 13.1 Å². The van der Waals surface area contributed by atoms with Crippen molar-refractivity contribution in [2.75, 3.05) is 19.6 Å². The summed E-state index contributed by atoms with van der Waals surface area (Å²) in [6, 6.07) is 24.7. The summed E-state index contributed by atoms with van der Waals surface area (Å²) in [7, 11) is 0. The van der Waals surface area contributed by atoms with Gasteiger partial charge in [0.2, 0.25) is 0 Å². The predicted molar refractivity (Wildman–Crippen MR) is 184 cm³/mol. The van der Waals surface area contributed by atoms with Crippen LogP contribution >= 0.6 is 0 Å². The molecule has 6 fully saturated rings. The van der Waals surface area contributed by atoms with E-state index in [0.717, 1.165) is 96.3 Å². The summed E-state index contributed by atoms with van der Waals surface area (Å²) in [5.74, 6) is 2.40. The number of β-amino-alcohol motifs (C(OH)–C–C–N with tert-alkyl or cyclic N) is 1. The Morgan fingerprint density at radius 2 is 1.54 bits per heavy atom. The molecular weight excluding hydrogens is 602 g/mol. The van der Waals surface area contributed by atoms with Gasteiger partial charge in [0.15, 0.2) is 6.29 Å². The Kier molecular flexibility index (Phi) is 9.03. The first kappa shape index (κ1) is 32.0. The number of nitrogens with one attached hydrogen (secondary N) is 2. The number of urea groups is 1. The van der Waals surface area contributed by atoms with Crippen molar-refractivity contribution >= 4 is 6.03 Å². The highest BCUT2D eigenvalue weighted by Crippen LogP contribution is 2.55. The van der Waals surface area contributed by atoms with Crippen molar-refractivity contribution < 1.29 is 24.5 Å². The lowest BCUT2D eigenvalue weighted by molar-refractivity contribution is -0.252. The van der Waals surface area contributed by atoms with E-state index in [1.165, 1.54) is 19.3 Å². The standard InChI is InChI=1S/C40H49N3O5/c44-25-26-4-6-32(7-5-26)37-18-36(24-43-13-12-35(45)23-43)47-38(48-37)33-10-8-31(9-11-33)34-3-1-2-27(17-34)22-41-39(46)42-40-19-28-14-29(20-40)16-30(15-28)21-40/h1-11,17,28-30,35-38,44-45H,12-16,18-25H2,(H2,41,42,46). The molecule has 4 unspecified atom stereocenters. The normalized spacial score (nSPS) is 32.8. The molecule has 0 spiro atoms. The van der Waals surface area contributed by atoms with Crippen LogP contribution in [-0.2, 0) is 22.6 Å². The van der Waals surface area contributed by atoms with Crippen LogP contribution in [0.15, 0.2) is 72.8 Å². The molecule has 2 saturated heterocycles. The van der Waals surface area contributed by atoms with E-state index in [9.17, 15) is 15.0 Å². The van der Waals surface area contributed by atoms with E-state index >= 15 is 0 Å². The minimum Gasteiger partial charge on any atom is -0.392 e. The summed E-state index contributed by atoms with van der Waals surface area (Å²) in [5, 5.41) is 26.2. The number of aliphatic hydroxyl groups excluding tert-OH is 2. The lowest BCUT2D eigenvalue weighted by Crippen LogP contribution is -2.61. The zero-order valence-electron chi connectivity index (χ0n) is 27.7. The van der Waals surface area contributed by atoms with Gasteiger partial charge in [-0.25, -0.2) is 4.79 Å². The lowest BCUT2D eigenvalue weighted by atomic mass is 9.53. The fraction of sp³-hybridized carbons (Fsp3) is 0.525. The van der Waals surface area contributed by atoms with Crippen LogP contribution in [0.1, 0.15) is 86.0 Å². The Morgan fingerprint density at radius 3 is 2.21 bits per heavy atom. The average molecular weight is 652 g/mol. The van der Waals surface area contributed by atoms with E-state index < -0.39 is 6.29 Å². The second-order valence-electron chi connectivity index (χ2n) is 15.4. The third kappa shape index (κ3) is 7.05. The van der Waals surface area contributed by atoms with Gasteiger partial charge < -0.3 is 30.3 Å². The van der Waals surface area contributed by atoms with Gasteiger partial charge in [-0.3, -0.25) is 4.90 Å². The molecule has 4 atom stereocenters. The summed E-state index contributed by atoms with van der Waals surface area (Å²) >= 11 is 0. The number of carbonyl (C=O) groups excluding carboxylic acids is 1. The fourth-order valence-corrected chi connectivity index (χ4v) is 9.72. The van der Waals surface area contributed by atoms with Gasteiger partial charge in [0, 0.05) is 43.7 Å². The third-order valence-corrected chi connectivity index (χ3v) is 11.6. The van der Waals surface area contributed by atoms with Gasteiger partial charge in [0.25, 0.3) is 0 Å². The van der Waals surface area contributed by atoms with Crippen LogP contribution in [-0.4, -0.2) is 58.5 Å².